The highest BCUT2D eigenvalue weighted by Crippen LogP contribution is 2.20. The van der Waals surface area contributed by atoms with Gasteiger partial charge in [-0.15, -0.1) is 11.3 Å². The third kappa shape index (κ3) is 2.87. The summed E-state index contributed by atoms with van der Waals surface area (Å²) in [5, 5.41) is 6.41. The quantitative estimate of drug-likeness (QED) is 0.806. The summed E-state index contributed by atoms with van der Waals surface area (Å²) in [4.78, 5) is 8.87. The number of thiazole rings is 1. The van der Waals surface area contributed by atoms with E-state index in [2.05, 4.69) is 20.7 Å². The van der Waals surface area contributed by atoms with Gasteiger partial charge in [0.2, 0.25) is 0 Å². The van der Waals surface area contributed by atoms with Crippen LogP contribution in [0.2, 0.25) is 0 Å². The van der Waals surface area contributed by atoms with E-state index in [0.29, 0.717) is 0 Å². The molecule has 0 unspecified atom stereocenters. The van der Waals surface area contributed by atoms with Gasteiger partial charge >= 0.3 is 0 Å². The number of hydrogen-bond acceptors (Lipinski definition) is 4. The molecule has 0 bridgehead atoms. The first-order valence-electron chi connectivity index (χ1n) is 5.40. The molecule has 0 atom stereocenters. The van der Waals surface area contributed by atoms with Crippen LogP contribution in [0, 0.1) is 0 Å². The van der Waals surface area contributed by atoms with Crippen molar-refractivity contribution in [2.75, 3.05) is 13.6 Å². The molecule has 0 fully saturated rings. The van der Waals surface area contributed by atoms with Gasteiger partial charge < -0.3 is 5.32 Å². The number of aryl methyl sites for hydroxylation is 1. The Morgan fingerprint density at radius 1 is 1.31 bits per heavy atom. The Morgan fingerprint density at radius 2 is 2.25 bits per heavy atom. The SMILES string of the molecule is CNCCCc1nc(-c2ccccn2)cs1. The van der Waals surface area contributed by atoms with Crippen molar-refractivity contribution in [3.63, 3.8) is 0 Å². The Kier molecular flexibility index (Phi) is 4.02. The minimum Gasteiger partial charge on any atom is -0.320 e. The Balaban J connectivity index is 2.02. The molecule has 1 N–H and O–H groups in total. The van der Waals surface area contributed by atoms with Gasteiger partial charge in [-0.25, -0.2) is 4.98 Å². The van der Waals surface area contributed by atoms with Gasteiger partial charge in [0.05, 0.1) is 16.4 Å². The topological polar surface area (TPSA) is 37.8 Å². The monoisotopic (exact) mass is 233 g/mol. The van der Waals surface area contributed by atoms with Gasteiger partial charge in [-0.2, -0.15) is 0 Å². The zero-order valence-electron chi connectivity index (χ0n) is 9.31. The van der Waals surface area contributed by atoms with Gasteiger partial charge in [0.1, 0.15) is 0 Å². The summed E-state index contributed by atoms with van der Waals surface area (Å²) in [7, 11) is 1.97. The average Bonchev–Trinajstić information content (AvgIpc) is 2.79. The molecular formula is C12H15N3S. The predicted octanol–water partition coefficient (Wildman–Crippen LogP) is 2.36. The van der Waals surface area contributed by atoms with Crippen molar-refractivity contribution in [2.45, 2.75) is 12.8 Å². The van der Waals surface area contributed by atoms with Gasteiger partial charge in [0.15, 0.2) is 0 Å². The fraction of sp³-hybridized carbons (Fsp3) is 0.333. The molecule has 3 nitrogen and oxygen atoms in total. The van der Waals surface area contributed by atoms with Crippen LogP contribution in [0.5, 0.6) is 0 Å². The largest absolute Gasteiger partial charge is 0.320 e. The molecule has 0 aliphatic heterocycles. The Morgan fingerprint density at radius 3 is 3.00 bits per heavy atom. The molecule has 0 radical (unpaired) electrons. The van der Waals surface area contributed by atoms with Crippen molar-refractivity contribution < 1.29 is 0 Å². The molecule has 16 heavy (non-hydrogen) atoms. The maximum Gasteiger partial charge on any atom is 0.0998 e. The summed E-state index contributed by atoms with van der Waals surface area (Å²) in [5.41, 5.74) is 1.95. The minimum absolute atomic E-state index is 0.957. The van der Waals surface area contributed by atoms with Gasteiger partial charge in [0, 0.05) is 18.0 Å². The molecule has 2 heterocycles. The number of nitrogens with zero attached hydrogens (tertiary/aromatic N) is 2. The highest BCUT2D eigenvalue weighted by atomic mass is 32.1. The van der Waals surface area contributed by atoms with E-state index >= 15 is 0 Å². The lowest BCUT2D eigenvalue weighted by molar-refractivity contribution is 0.722. The van der Waals surface area contributed by atoms with E-state index < -0.39 is 0 Å². The Hall–Kier alpha value is -1.26. The van der Waals surface area contributed by atoms with Crippen LogP contribution in [0.25, 0.3) is 11.4 Å². The fourth-order valence-electron chi connectivity index (χ4n) is 1.47. The zero-order valence-corrected chi connectivity index (χ0v) is 10.1. The first-order chi connectivity index (χ1) is 7.90. The number of pyridine rings is 1. The van der Waals surface area contributed by atoms with E-state index in [9.17, 15) is 0 Å². The standard InChI is InChI=1S/C12H15N3S/c1-13-7-4-6-12-15-11(9-16-12)10-5-2-3-8-14-10/h2-3,5,8-9,13H,4,6-7H2,1H3. The van der Waals surface area contributed by atoms with Crippen LogP contribution in [-0.2, 0) is 6.42 Å². The average molecular weight is 233 g/mol. The molecule has 84 valence electrons. The first-order valence-corrected chi connectivity index (χ1v) is 6.28. The smallest absolute Gasteiger partial charge is 0.0998 e. The van der Waals surface area contributed by atoms with Crippen molar-refractivity contribution in [3.8, 4) is 11.4 Å². The second-order valence-corrected chi connectivity index (χ2v) is 4.49. The van der Waals surface area contributed by atoms with Crippen LogP contribution < -0.4 is 5.32 Å². The van der Waals surface area contributed by atoms with Crippen LogP contribution in [0.4, 0.5) is 0 Å². The normalized spacial score (nSPS) is 10.6. The highest BCUT2D eigenvalue weighted by molar-refractivity contribution is 7.09. The molecule has 2 aromatic heterocycles. The summed E-state index contributed by atoms with van der Waals surface area (Å²) >= 11 is 1.72. The van der Waals surface area contributed by atoms with Crippen LogP contribution in [0.1, 0.15) is 11.4 Å². The van der Waals surface area contributed by atoms with E-state index in [1.165, 1.54) is 5.01 Å². The van der Waals surface area contributed by atoms with Gasteiger partial charge in [-0.05, 0) is 32.1 Å². The third-order valence-corrected chi connectivity index (χ3v) is 3.21. The van der Waals surface area contributed by atoms with E-state index in [1.54, 1.807) is 17.5 Å². The van der Waals surface area contributed by atoms with E-state index in [0.717, 1.165) is 30.8 Å². The van der Waals surface area contributed by atoms with Crippen molar-refractivity contribution in [3.05, 3.63) is 34.8 Å². The van der Waals surface area contributed by atoms with E-state index in [4.69, 9.17) is 0 Å². The van der Waals surface area contributed by atoms with Gasteiger partial charge in [-0.3, -0.25) is 4.98 Å². The highest BCUT2D eigenvalue weighted by Gasteiger charge is 2.04. The Bertz CT molecular complexity index is 425. The molecule has 2 aromatic rings. The molecule has 0 aliphatic rings. The van der Waals surface area contributed by atoms with Crippen molar-refractivity contribution in [1.29, 1.82) is 0 Å². The van der Waals surface area contributed by atoms with Gasteiger partial charge in [-0.1, -0.05) is 6.07 Å². The van der Waals surface area contributed by atoms with E-state index in [1.807, 2.05) is 25.2 Å². The number of aromatic nitrogens is 2. The second-order valence-electron chi connectivity index (χ2n) is 3.55. The van der Waals surface area contributed by atoms with E-state index in [-0.39, 0.29) is 0 Å². The molecule has 0 saturated heterocycles. The number of rotatable bonds is 5. The molecule has 0 amide bonds. The van der Waals surface area contributed by atoms with Crippen LogP contribution in [0.15, 0.2) is 29.8 Å². The second kappa shape index (κ2) is 5.72. The first kappa shape index (κ1) is 11.2. The summed E-state index contributed by atoms with van der Waals surface area (Å²) < 4.78 is 0. The summed E-state index contributed by atoms with van der Waals surface area (Å²) in [5.74, 6) is 0. The van der Waals surface area contributed by atoms with Crippen molar-refractivity contribution >= 4 is 11.3 Å². The summed E-state index contributed by atoms with van der Waals surface area (Å²) in [6.45, 7) is 1.04. The van der Waals surface area contributed by atoms with Crippen molar-refractivity contribution in [2.24, 2.45) is 0 Å². The number of hydrogen-bond donors (Lipinski definition) is 1. The van der Waals surface area contributed by atoms with Crippen LogP contribution in [-0.4, -0.2) is 23.6 Å². The maximum absolute atomic E-state index is 4.58. The molecule has 2 rings (SSSR count). The zero-order chi connectivity index (χ0) is 11.2. The molecule has 0 spiro atoms. The maximum atomic E-state index is 4.58. The molecular weight excluding hydrogens is 218 g/mol. The lowest BCUT2D eigenvalue weighted by Crippen LogP contribution is -2.08. The number of nitrogens with one attached hydrogen (secondary N) is 1. The predicted molar refractivity (Wildman–Crippen MR) is 67.6 cm³/mol. The lowest BCUT2D eigenvalue weighted by atomic mass is 10.3. The van der Waals surface area contributed by atoms with Gasteiger partial charge in [0.25, 0.3) is 0 Å². The molecule has 0 aliphatic carbocycles. The molecule has 4 heteroatoms. The lowest BCUT2D eigenvalue weighted by Gasteiger charge is -1.96. The van der Waals surface area contributed by atoms with Crippen LogP contribution >= 0.6 is 11.3 Å². The van der Waals surface area contributed by atoms with Crippen molar-refractivity contribution in [1.82, 2.24) is 15.3 Å². The molecule has 0 aromatic carbocycles. The fourth-order valence-corrected chi connectivity index (χ4v) is 2.31. The summed E-state index contributed by atoms with van der Waals surface area (Å²) in [6, 6.07) is 5.90. The third-order valence-electron chi connectivity index (χ3n) is 2.30. The Labute approximate surface area is 99.6 Å². The minimum atomic E-state index is 0.957. The summed E-state index contributed by atoms with van der Waals surface area (Å²) in [6.07, 6.45) is 3.97. The molecule has 0 saturated carbocycles. The van der Waals surface area contributed by atoms with Crippen LogP contribution in [0.3, 0.4) is 0 Å².